The molecular formula is C22H18N2O4. The number of nitrogens with one attached hydrogen (secondary N) is 1. The molecule has 0 heterocycles. The number of aromatic hydroxyl groups is 1. The van der Waals surface area contributed by atoms with Gasteiger partial charge in [0.2, 0.25) is 5.91 Å². The van der Waals surface area contributed by atoms with Crippen LogP contribution < -0.4 is 5.32 Å². The Kier molecular flexibility index (Phi) is 4.31. The monoisotopic (exact) mass is 374 g/mol. The van der Waals surface area contributed by atoms with Crippen LogP contribution in [0.15, 0.2) is 78.9 Å². The van der Waals surface area contributed by atoms with Gasteiger partial charge in [-0.3, -0.25) is 14.9 Å². The number of anilines is 1. The SMILES string of the molecule is O=C(Nc1ccc([N+](=O)[O-])cc1O)[C@@H]1CC1(c1ccccc1)c1ccccc1. The van der Waals surface area contributed by atoms with Gasteiger partial charge in [-0.15, -0.1) is 0 Å². The molecule has 3 aromatic carbocycles. The van der Waals surface area contributed by atoms with Crippen LogP contribution in [0.2, 0.25) is 0 Å². The number of hydrogen-bond donors (Lipinski definition) is 2. The van der Waals surface area contributed by atoms with Gasteiger partial charge in [-0.25, -0.2) is 0 Å². The summed E-state index contributed by atoms with van der Waals surface area (Å²) in [6.45, 7) is 0. The molecule has 1 aliphatic rings. The molecule has 0 unspecified atom stereocenters. The number of hydrogen-bond acceptors (Lipinski definition) is 4. The van der Waals surface area contributed by atoms with E-state index in [0.717, 1.165) is 17.2 Å². The van der Waals surface area contributed by atoms with Crippen LogP contribution in [0.4, 0.5) is 11.4 Å². The number of nitro groups is 1. The van der Waals surface area contributed by atoms with Crippen molar-refractivity contribution in [3.05, 3.63) is 100 Å². The fourth-order valence-corrected chi connectivity index (χ4v) is 3.81. The van der Waals surface area contributed by atoms with Gasteiger partial charge in [0.15, 0.2) is 0 Å². The van der Waals surface area contributed by atoms with Crippen molar-refractivity contribution >= 4 is 17.3 Å². The van der Waals surface area contributed by atoms with Gasteiger partial charge in [0, 0.05) is 11.5 Å². The summed E-state index contributed by atoms with van der Waals surface area (Å²) in [4.78, 5) is 23.2. The number of amides is 1. The third-order valence-electron chi connectivity index (χ3n) is 5.31. The average Bonchev–Trinajstić information content (AvgIpc) is 3.48. The lowest BCUT2D eigenvalue weighted by atomic mass is 9.85. The van der Waals surface area contributed by atoms with Crippen LogP contribution >= 0.6 is 0 Å². The van der Waals surface area contributed by atoms with Crippen LogP contribution in [-0.4, -0.2) is 15.9 Å². The van der Waals surface area contributed by atoms with E-state index in [1.165, 1.54) is 12.1 Å². The molecule has 0 aromatic heterocycles. The summed E-state index contributed by atoms with van der Waals surface area (Å²) in [5.74, 6) is -0.850. The maximum atomic E-state index is 13.0. The van der Waals surface area contributed by atoms with Crippen molar-refractivity contribution in [3.8, 4) is 5.75 Å². The molecule has 4 rings (SSSR count). The van der Waals surface area contributed by atoms with Gasteiger partial charge in [0.05, 0.1) is 22.6 Å². The zero-order valence-corrected chi connectivity index (χ0v) is 14.9. The summed E-state index contributed by atoms with van der Waals surface area (Å²) in [5, 5.41) is 23.6. The molecule has 0 aliphatic heterocycles. The minimum atomic E-state index is -0.595. The van der Waals surface area contributed by atoms with Crippen LogP contribution in [-0.2, 0) is 10.2 Å². The van der Waals surface area contributed by atoms with Gasteiger partial charge in [0.1, 0.15) is 5.75 Å². The van der Waals surface area contributed by atoms with Gasteiger partial charge in [-0.2, -0.15) is 0 Å². The van der Waals surface area contributed by atoms with E-state index in [1.807, 2.05) is 60.7 Å². The summed E-state index contributed by atoms with van der Waals surface area (Å²) in [6, 6.07) is 23.4. The maximum absolute atomic E-state index is 13.0. The molecule has 28 heavy (non-hydrogen) atoms. The van der Waals surface area contributed by atoms with Crippen molar-refractivity contribution in [2.75, 3.05) is 5.32 Å². The van der Waals surface area contributed by atoms with Crippen molar-refractivity contribution in [1.82, 2.24) is 0 Å². The zero-order chi connectivity index (χ0) is 19.7. The molecule has 0 saturated heterocycles. The Morgan fingerprint density at radius 3 is 2.07 bits per heavy atom. The van der Waals surface area contributed by atoms with E-state index in [4.69, 9.17) is 0 Å². The smallest absolute Gasteiger partial charge is 0.273 e. The standard InChI is InChI=1S/C22H18N2O4/c25-20-13-17(24(27)28)11-12-19(20)23-21(26)18-14-22(18,15-7-3-1-4-8-15)16-9-5-2-6-10-16/h1-13,18,25H,14H2,(H,23,26)/t18-/m0/s1. The second-order valence-corrected chi connectivity index (χ2v) is 6.91. The Labute approximate surface area is 161 Å². The fraction of sp³-hybridized carbons (Fsp3) is 0.136. The number of non-ortho nitro benzene ring substituents is 1. The van der Waals surface area contributed by atoms with Gasteiger partial charge in [0.25, 0.3) is 5.69 Å². The Balaban J connectivity index is 1.63. The average molecular weight is 374 g/mol. The Morgan fingerprint density at radius 1 is 1.00 bits per heavy atom. The lowest BCUT2D eigenvalue weighted by molar-refractivity contribution is -0.384. The van der Waals surface area contributed by atoms with Crippen molar-refractivity contribution in [1.29, 1.82) is 0 Å². The van der Waals surface area contributed by atoms with E-state index in [-0.39, 0.29) is 28.9 Å². The normalized spacial score (nSPS) is 16.9. The minimum Gasteiger partial charge on any atom is -0.506 e. The Bertz CT molecular complexity index is 995. The highest BCUT2D eigenvalue weighted by Crippen LogP contribution is 2.59. The molecule has 0 radical (unpaired) electrons. The first-order valence-electron chi connectivity index (χ1n) is 8.92. The van der Waals surface area contributed by atoms with Gasteiger partial charge in [-0.1, -0.05) is 60.7 Å². The number of nitrogens with zero attached hydrogens (tertiary/aromatic N) is 1. The summed E-state index contributed by atoms with van der Waals surface area (Å²) in [7, 11) is 0. The molecular weight excluding hydrogens is 356 g/mol. The zero-order valence-electron chi connectivity index (χ0n) is 14.9. The molecule has 140 valence electrons. The van der Waals surface area contributed by atoms with Gasteiger partial charge < -0.3 is 10.4 Å². The molecule has 1 atom stereocenters. The largest absolute Gasteiger partial charge is 0.506 e. The molecule has 0 spiro atoms. The van der Waals surface area contributed by atoms with E-state index >= 15 is 0 Å². The first-order chi connectivity index (χ1) is 13.5. The highest BCUT2D eigenvalue weighted by molar-refractivity contribution is 5.98. The van der Waals surface area contributed by atoms with Gasteiger partial charge in [-0.05, 0) is 23.6 Å². The molecule has 1 aliphatic carbocycles. The quantitative estimate of drug-likeness (QED) is 0.397. The Hall–Kier alpha value is -3.67. The lowest BCUT2D eigenvalue weighted by Gasteiger charge is -2.19. The first kappa shape index (κ1) is 17.7. The van der Waals surface area contributed by atoms with E-state index in [1.54, 1.807) is 0 Å². The summed E-state index contributed by atoms with van der Waals surface area (Å²) in [5.41, 5.74) is 1.65. The molecule has 1 fully saturated rings. The summed E-state index contributed by atoms with van der Waals surface area (Å²) in [6.07, 6.45) is 0.653. The second-order valence-electron chi connectivity index (χ2n) is 6.91. The molecule has 1 amide bonds. The number of carbonyl (C=O) groups is 1. The molecule has 0 bridgehead atoms. The topological polar surface area (TPSA) is 92.5 Å². The molecule has 6 nitrogen and oxygen atoms in total. The van der Waals surface area contributed by atoms with Crippen molar-refractivity contribution < 1.29 is 14.8 Å². The van der Waals surface area contributed by atoms with Crippen LogP contribution in [0.5, 0.6) is 5.75 Å². The number of benzene rings is 3. The number of nitro benzene ring substituents is 1. The summed E-state index contributed by atoms with van der Waals surface area (Å²) >= 11 is 0. The predicted octanol–water partition coefficient (Wildman–Crippen LogP) is 4.25. The second kappa shape index (κ2) is 6.81. The highest BCUT2D eigenvalue weighted by atomic mass is 16.6. The number of carbonyl (C=O) groups excluding carboxylic acids is 1. The predicted molar refractivity (Wildman–Crippen MR) is 105 cm³/mol. The van der Waals surface area contributed by atoms with Gasteiger partial charge >= 0.3 is 0 Å². The minimum absolute atomic E-state index is 0.164. The third-order valence-corrected chi connectivity index (χ3v) is 5.31. The van der Waals surface area contributed by atoms with Crippen LogP contribution in [0.3, 0.4) is 0 Å². The van der Waals surface area contributed by atoms with E-state index in [2.05, 4.69) is 5.32 Å². The lowest BCUT2D eigenvalue weighted by Crippen LogP contribution is -2.22. The van der Waals surface area contributed by atoms with Crippen molar-refractivity contribution in [2.45, 2.75) is 11.8 Å². The third kappa shape index (κ3) is 2.99. The van der Waals surface area contributed by atoms with Crippen molar-refractivity contribution in [2.24, 2.45) is 5.92 Å². The molecule has 3 aromatic rings. The summed E-state index contributed by atoms with van der Waals surface area (Å²) < 4.78 is 0. The van der Waals surface area contributed by atoms with Crippen LogP contribution in [0.1, 0.15) is 17.5 Å². The first-order valence-corrected chi connectivity index (χ1v) is 8.92. The molecule has 1 saturated carbocycles. The number of phenolic OH excluding ortho intramolecular Hbond substituents is 1. The fourth-order valence-electron chi connectivity index (χ4n) is 3.81. The molecule has 2 N–H and O–H groups in total. The van der Waals surface area contributed by atoms with E-state index in [0.29, 0.717) is 6.42 Å². The van der Waals surface area contributed by atoms with Crippen molar-refractivity contribution in [3.63, 3.8) is 0 Å². The molecule has 6 heteroatoms. The van der Waals surface area contributed by atoms with Crippen LogP contribution in [0, 0.1) is 16.0 Å². The van der Waals surface area contributed by atoms with E-state index < -0.39 is 10.3 Å². The number of rotatable bonds is 5. The highest BCUT2D eigenvalue weighted by Gasteiger charge is 2.60. The number of phenols is 1. The van der Waals surface area contributed by atoms with E-state index in [9.17, 15) is 20.0 Å². The maximum Gasteiger partial charge on any atom is 0.273 e. The van der Waals surface area contributed by atoms with Crippen LogP contribution in [0.25, 0.3) is 0 Å². The Morgan fingerprint density at radius 2 is 1.57 bits per heavy atom.